The first-order chi connectivity index (χ1) is 14.2. The van der Waals surface area contributed by atoms with Crippen LogP contribution in [0.25, 0.3) is 0 Å². The Morgan fingerprint density at radius 1 is 1.27 bits per heavy atom. The molecule has 1 aliphatic heterocycles. The van der Waals surface area contributed by atoms with Gasteiger partial charge in [-0.3, -0.25) is 9.89 Å². The van der Waals surface area contributed by atoms with Crippen LogP contribution in [-0.2, 0) is 6.42 Å². The fraction of sp³-hybridized carbons (Fsp3) is 0.650. The Bertz CT molecular complexity index is 755. The van der Waals surface area contributed by atoms with Crippen LogP contribution >= 0.6 is 35.5 Å². The molecule has 1 N–H and O–H groups in total. The third-order valence-electron chi connectivity index (χ3n) is 5.41. The van der Waals surface area contributed by atoms with E-state index in [1.807, 2.05) is 13.1 Å². The number of nitrogens with one attached hydrogen (secondary N) is 1. The summed E-state index contributed by atoms with van der Waals surface area (Å²) < 4.78 is 10.1. The number of furan rings is 1. The zero-order valence-corrected chi connectivity index (χ0v) is 21.5. The summed E-state index contributed by atoms with van der Waals surface area (Å²) in [7, 11) is 1.85. The lowest BCUT2D eigenvalue weighted by Gasteiger charge is -2.37. The number of rotatable bonds is 8. The average Bonchev–Trinajstić information content (AvgIpc) is 3.46. The molecular formula is C20H34IN7OS. The smallest absolute Gasteiger partial charge is 0.205 e. The molecule has 0 bridgehead atoms. The van der Waals surface area contributed by atoms with Crippen molar-refractivity contribution in [2.45, 2.75) is 33.2 Å². The van der Waals surface area contributed by atoms with Crippen LogP contribution in [0, 0.1) is 0 Å². The number of aliphatic imine (C=N–C) groups is 1. The van der Waals surface area contributed by atoms with E-state index in [1.54, 1.807) is 6.26 Å². The lowest BCUT2D eigenvalue weighted by atomic mass is 10.2. The van der Waals surface area contributed by atoms with E-state index in [4.69, 9.17) is 4.42 Å². The van der Waals surface area contributed by atoms with Gasteiger partial charge in [-0.05, 0) is 25.2 Å². The maximum absolute atomic E-state index is 5.71. The van der Waals surface area contributed by atoms with E-state index in [1.165, 1.54) is 11.5 Å². The second-order valence-electron chi connectivity index (χ2n) is 7.00. The summed E-state index contributed by atoms with van der Waals surface area (Å²) in [4.78, 5) is 16.2. The number of hydrogen-bond acceptors (Lipinski definition) is 7. The van der Waals surface area contributed by atoms with Gasteiger partial charge in [0.1, 0.15) is 11.6 Å². The molecule has 3 heterocycles. The van der Waals surface area contributed by atoms with Gasteiger partial charge in [0, 0.05) is 57.7 Å². The predicted octanol–water partition coefficient (Wildman–Crippen LogP) is 3.09. The van der Waals surface area contributed by atoms with E-state index >= 15 is 0 Å². The average molecular weight is 548 g/mol. The third kappa shape index (κ3) is 6.07. The number of anilines is 1. The van der Waals surface area contributed by atoms with Gasteiger partial charge in [-0.25, -0.2) is 4.98 Å². The lowest BCUT2D eigenvalue weighted by molar-refractivity contribution is 0.192. The molecule has 3 rings (SSSR count). The van der Waals surface area contributed by atoms with Gasteiger partial charge in [-0.15, -0.1) is 24.0 Å². The minimum atomic E-state index is 0. The zero-order chi connectivity index (χ0) is 20.6. The third-order valence-corrected chi connectivity index (χ3v) is 6.23. The van der Waals surface area contributed by atoms with Gasteiger partial charge >= 0.3 is 0 Å². The van der Waals surface area contributed by atoms with Crippen LogP contribution in [0.3, 0.4) is 0 Å². The maximum atomic E-state index is 5.71. The molecule has 0 aliphatic carbocycles. The van der Waals surface area contributed by atoms with Crippen molar-refractivity contribution in [3.8, 4) is 0 Å². The molecule has 30 heavy (non-hydrogen) atoms. The number of nitrogens with zero attached hydrogens (tertiary/aromatic N) is 6. The van der Waals surface area contributed by atoms with Crippen molar-refractivity contribution in [2.24, 2.45) is 4.99 Å². The van der Waals surface area contributed by atoms with Crippen molar-refractivity contribution < 1.29 is 4.42 Å². The van der Waals surface area contributed by atoms with Gasteiger partial charge < -0.3 is 19.5 Å². The number of guanidine groups is 1. The molecule has 8 nitrogen and oxygen atoms in total. The van der Waals surface area contributed by atoms with Crippen LogP contribution in [0.4, 0.5) is 5.13 Å². The summed E-state index contributed by atoms with van der Waals surface area (Å²) in [6.45, 7) is 12.9. The van der Waals surface area contributed by atoms with Crippen LogP contribution < -0.4 is 10.2 Å². The van der Waals surface area contributed by atoms with E-state index in [0.717, 1.165) is 74.9 Å². The molecule has 1 atom stereocenters. The molecule has 2 aromatic heterocycles. The summed E-state index contributed by atoms with van der Waals surface area (Å²) >= 11 is 1.50. The number of piperazine rings is 1. The van der Waals surface area contributed by atoms with Crippen LogP contribution in [0.5, 0.6) is 0 Å². The highest BCUT2D eigenvalue weighted by Crippen LogP contribution is 2.21. The predicted molar refractivity (Wildman–Crippen MR) is 134 cm³/mol. The summed E-state index contributed by atoms with van der Waals surface area (Å²) in [5.74, 6) is 2.87. The molecule has 1 fully saturated rings. The lowest BCUT2D eigenvalue weighted by Crippen LogP contribution is -2.53. The van der Waals surface area contributed by atoms with Crippen LogP contribution in [0.2, 0.25) is 0 Å². The maximum Gasteiger partial charge on any atom is 0.205 e. The Balaban J connectivity index is 0.00000320. The quantitative estimate of drug-likeness (QED) is 0.310. The molecule has 10 heteroatoms. The summed E-state index contributed by atoms with van der Waals surface area (Å²) in [6.07, 6.45) is 2.63. The number of hydrogen-bond donors (Lipinski definition) is 1. The molecule has 1 aliphatic rings. The molecule has 0 radical (unpaired) electrons. The van der Waals surface area contributed by atoms with Gasteiger partial charge in [0.15, 0.2) is 5.96 Å². The van der Waals surface area contributed by atoms with E-state index in [-0.39, 0.29) is 30.0 Å². The first-order valence-corrected chi connectivity index (χ1v) is 11.3. The van der Waals surface area contributed by atoms with E-state index in [2.05, 4.69) is 61.2 Å². The van der Waals surface area contributed by atoms with Crippen molar-refractivity contribution in [1.82, 2.24) is 24.5 Å². The van der Waals surface area contributed by atoms with Crippen molar-refractivity contribution in [3.63, 3.8) is 0 Å². The van der Waals surface area contributed by atoms with Crippen molar-refractivity contribution in [3.05, 3.63) is 30.0 Å². The second kappa shape index (κ2) is 12.5. The van der Waals surface area contributed by atoms with Gasteiger partial charge in [-0.1, -0.05) is 20.8 Å². The number of halogens is 1. The Morgan fingerprint density at radius 3 is 2.53 bits per heavy atom. The zero-order valence-electron chi connectivity index (χ0n) is 18.4. The Morgan fingerprint density at radius 2 is 2.00 bits per heavy atom. The molecule has 0 amide bonds. The van der Waals surface area contributed by atoms with Gasteiger partial charge in [0.25, 0.3) is 0 Å². The molecule has 1 unspecified atom stereocenters. The van der Waals surface area contributed by atoms with Crippen LogP contribution in [0.15, 0.2) is 27.8 Å². The largest absolute Gasteiger partial charge is 0.468 e. The van der Waals surface area contributed by atoms with E-state index < -0.39 is 0 Å². The first kappa shape index (κ1) is 24.9. The minimum absolute atomic E-state index is 0. The van der Waals surface area contributed by atoms with Gasteiger partial charge in [-0.2, -0.15) is 4.37 Å². The topological polar surface area (TPSA) is 73.0 Å². The molecule has 0 aromatic carbocycles. The highest BCUT2D eigenvalue weighted by molar-refractivity contribution is 14.0. The van der Waals surface area contributed by atoms with Crippen molar-refractivity contribution in [1.29, 1.82) is 0 Å². The highest BCUT2D eigenvalue weighted by Gasteiger charge is 2.25. The number of aryl methyl sites for hydroxylation is 1. The molecule has 0 spiro atoms. The van der Waals surface area contributed by atoms with Crippen molar-refractivity contribution >= 4 is 46.6 Å². The molecule has 168 valence electrons. The SMILES string of the molecule is CCc1nsc(N2CCN(C(=NC)NCC(c3ccco3)N(CC)CC)CC2)n1.I. The number of likely N-dealkylation sites (N-methyl/N-ethyl adjacent to an activating group) is 1. The Kier molecular flexibility index (Phi) is 10.3. The number of aromatic nitrogens is 2. The fourth-order valence-corrected chi connectivity index (χ4v) is 4.50. The Hall–Kier alpha value is -1.40. The highest BCUT2D eigenvalue weighted by atomic mass is 127. The molecule has 1 saturated heterocycles. The normalized spacial score (nSPS) is 16.0. The summed E-state index contributed by atoms with van der Waals surface area (Å²) in [5.41, 5.74) is 0. The van der Waals surface area contributed by atoms with E-state index in [0.29, 0.717) is 0 Å². The molecule has 2 aromatic rings. The van der Waals surface area contributed by atoms with E-state index in [9.17, 15) is 0 Å². The fourth-order valence-electron chi connectivity index (χ4n) is 3.70. The molecule has 0 saturated carbocycles. The monoisotopic (exact) mass is 547 g/mol. The van der Waals surface area contributed by atoms with Crippen LogP contribution in [0.1, 0.15) is 38.4 Å². The van der Waals surface area contributed by atoms with Crippen LogP contribution in [-0.4, -0.2) is 78.0 Å². The summed E-state index contributed by atoms with van der Waals surface area (Å²) in [6, 6.07) is 4.20. The Labute approximate surface area is 200 Å². The minimum Gasteiger partial charge on any atom is -0.468 e. The second-order valence-corrected chi connectivity index (χ2v) is 7.73. The molecular weight excluding hydrogens is 513 g/mol. The van der Waals surface area contributed by atoms with Gasteiger partial charge in [0.2, 0.25) is 5.13 Å². The van der Waals surface area contributed by atoms with Crippen molar-refractivity contribution in [2.75, 3.05) is 57.8 Å². The van der Waals surface area contributed by atoms with Gasteiger partial charge in [0.05, 0.1) is 12.3 Å². The standard InChI is InChI=1S/C20H33N7OS.HI/c1-5-18-23-20(29-24-18)27-12-10-26(11-13-27)19(21-4)22-15-16(25(6-2)7-3)17-9-8-14-28-17;/h8-9,14,16H,5-7,10-13,15H2,1-4H3,(H,21,22);1H. The summed E-state index contributed by atoms with van der Waals surface area (Å²) in [5, 5.41) is 4.61. The first-order valence-electron chi connectivity index (χ1n) is 10.5.